The van der Waals surface area contributed by atoms with Gasteiger partial charge in [-0.25, -0.2) is 0 Å². The molecule has 172 valence electrons. The van der Waals surface area contributed by atoms with Crippen molar-refractivity contribution in [2.24, 2.45) is 46.3 Å². The van der Waals surface area contributed by atoms with Crippen LogP contribution in [-0.4, -0.2) is 28.7 Å². The zero-order valence-electron chi connectivity index (χ0n) is 20.4. The van der Waals surface area contributed by atoms with Crippen molar-refractivity contribution in [2.45, 2.75) is 110 Å². The SMILES string of the molecule is CC(C)CCCC(C)C1CCC2C3C(Br)CC4N(C)C(=O)CC[C@]4(C)C3CC[C@]12C. The first-order valence-electron chi connectivity index (χ1n) is 13.0. The molecule has 3 heteroatoms. The number of halogens is 1. The fourth-order valence-electron chi connectivity index (χ4n) is 9.06. The Morgan fingerprint density at radius 2 is 1.73 bits per heavy atom. The summed E-state index contributed by atoms with van der Waals surface area (Å²) in [5, 5.41) is 0. The van der Waals surface area contributed by atoms with Crippen molar-refractivity contribution >= 4 is 21.8 Å². The van der Waals surface area contributed by atoms with E-state index in [1.165, 1.54) is 44.9 Å². The number of amides is 1. The van der Waals surface area contributed by atoms with E-state index in [1.807, 2.05) is 0 Å². The molecule has 7 unspecified atom stereocenters. The van der Waals surface area contributed by atoms with Crippen LogP contribution >= 0.6 is 15.9 Å². The lowest BCUT2D eigenvalue weighted by Gasteiger charge is -2.63. The fraction of sp³-hybridized carbons (Fsp3) is 0.963. The van der Waals surface area contributed by atoms with Crippen molar-refractivity contribution in [1.29, 1.82) is 0 Å². The van der Waals surface area contributed by atoms with Gasteiger partial charge in [0.1, 0.15) is 0 Å². The number of carbonyl (C=O) groups excluding carboxylic acids is 1. The van der Waals surface area contributed by atoms with Gasteiger partial charge in [-0.15, -0.1) is 0 Å². The van der Waals surface area contributed by atoms with E-state index in [4.69, 9.17) is 0 Å². The smallest absolute Gasteiger partial charge is 0.222 e. The minimum atomic E-state index is 0.319. The highest BCUT2D eigenvalue weighted by Gasteiger charge is 2.63. The maximum atomic E-state index is 12.4. The summed E-state index contributed by atoms with van der Waals surface area (Å²) in [6, 6.07) is 0.431. The van der Waals surface area contributed by atoms with E-state index in [9.17, 15) is 4.79 Å². The Hall–Kier alpha value is -0.0500. The zero-order valence-corrected chi connectivity index (χ0v) is 22.0. The fourth-order valence-corrected chi connectivity index (χ4v) is 10.1. The summed E-state index contributed by atoms with van der Waals surface area (Å²) in [6.45, 7) is 12.5. The van der Waals surface area contributed by atoms with E-state index >= 15 is 0 Å². The van der Waals surface area contributed by atoms with E-state index in [1.54, 1.807) is 0 Å². The molecule has 4 rings (SSSR count). The average Bonchev–Trinajstić information content (AvgIpc) is 3.03. The van der Waals surface area contributed by atoms with Gasteiger partial charge in [0.25, 0.3) is 0 Å². The van der Waals surface area contributed by atoms with E-state index < -0.39 is 0 Å². The third-order valence-corrected chi connectivity index (χ3v) is 11.7. The second kappa shape index (κ2) is 8.38. The van der Waals surface area contributed by atoms with Crippen LogP contribution in [0, 0.1) is 46.3 Å². The summed E-state index contributed by atoms with van der Waals surface area (Å²) in [5.74, 6) is 5.45. The Morgan fingerprint density at radius 3 is 2.43 bits per heavy atom. The number of carbonyl (C=O) groups is 1. The number of hydrogen-bond acceptors (Lipinski definition) is 1. The van der Waals surface area contributed by atoms with Crippen molar-refractivity contribution in [2.75, 3.05) is 7.05 Å². The molecule has 0 N–H and O–H groups in total. The second-order valence-corrected chi connectivity index (χ2v) is 13.8. The molecule has 0 aromatic rings. The third kappa shape index (κ3) is 3.61. The highest BCUT2D eigenvalue weighted by molar-refractivity contribution is 9.09. The number of alkyl halides is 1. The van der Waals surface area contributed by atoms with Gasteiger partial charge >= 0.3 is 0 Å². The molecular weight excluding hydrogens is 434 g/mol. The predicted molar refractivity (Wildman–Crippen MR) is 130 cm³/mol. The molecule has 4 fully saturated rings. The summed E-state index contributed by atoms with van der Waals surface area (Å²) in [6.07, 6.45) is 12.9. The zero-order chi connectivity index (χ0) is 21.8. The maximum absolute atomic E-state index is 12.4. The highest BCUT2D eigenvalue weighted by atomic mass is 79.9. The van der Waals surface area contributed by atoms with Crippen molar-refractivity contribution in [3.05, 3.63) is 0 Å². The van der Waals surface area contributed by atoms with Gasteiger partial charge in [-0.3, -0.25) is 4.79 Å². The standard InChI is InChI=1S/C27H46BrNO/c1-17(2)8-7-9-18(3)19-10-11-20-25-21(12-14-26(19,20)4)27(5)15-13-24(30)29(6)23(27)16-22(25)28/h17-23,25H,7-16H2,1-6H3/t18?,19?,20?,21?,22?,23?,25?,26-,27-/m1/s1. The molecule has 3 aliphatic carbocycles. The molecule has 0 aromatic heterocycles. The van der Waals surface area contributed by atoms with E-state index in [2.05, 4.69) is 62.5 Å². The molecule has 0 spiro atoms. The van der Waals surface area contributed by atoms with Gasteiger partial charge in [0.15, 0.2) is 0 Å². The Labute approximate surface area is 194 Å². The summed E-state index contributed by atoms with van der Waals surface area (Å²) < 4.78 is 0. The van der Waals surface area contributed by atoms with Crippen LogP contribution in [0.15, 0.2) is 0 Å². The van der Waals surface area contributed by atoms with Crippen LogP contribution in [0.1, 0.15) is 98.8 Å². The maximum Gasteiger partial charge on any atom is 0.222 e. The minimum Gasteiger partial charge on any atom is -0.342 e. The molecule has 1 heterocycles. The van der Waals surface area contributed by atoms with Crippen LogP contribution in [0.4, 0.5) is 0 Å². The number of likely N-dealkylation sites (tertiary alicyclic amines) is 1. The molecule has 0 radical (unpaired) electrons. The Kier molecular flexibility index (Phi) is 6.46. The first-order valence-corrected chi connectivity index (χ1v) is 13.9. The monoisotopic (exact) mass is 479 g/mol. The van der Waals surface area contributed by atoms with Gasteiger partial charge in [-0.2, -0.15) is 0 Å². The minimum absolute atomic E-state index is 0.319. The van der Waals surface area contributed by atoms with Gasteiger partial charge in [0.05, 0.1) is 0 Å². The molecule has 2 nitrogen and oxygen atoms in total. The summed E-state index contributed by atoms with van der Waals surface area (Å²) in [5.41, 5.74) is 0.851. The van der Waals surface area contributed by atoms with Crippen LogP contribution in [0.3, 0.4) is 0 Å². The number of piperidine rings is 1. The molecule has 9 atom stereocenters. The lowest BCUT2D eigenvalue weighted by molar-refractivity contribution is -0.157. The second-order valence-electron chi connectivity index (χ2n) is 12.6. The topological polar surface area (TPSA) is 20.3 Å². The van der Waals surface area contributed by atoms with Crippen molar-refractivity contribution in [1.82, 2.24) is 4.90 Å². The van der Waals surface area contributed by atoms with Crippen LogP contribution in [0.25, 0.3) is 0 Å². The van der Waals surface area contributed by atoms with Crippen molar-refractivity contribution < 1.29 is 4.79 Å². The lowest BCUT2D eigenvalue weighted by atomic mass is 9.46. The Bertz CT molecular complexity index is 649. The Balaban J connectivity index is 1.53. The normalized spacial score (nSPS) is 47.1. The van der Waals surface area contributed by atoms with E-state index in [0.29, 0.717) is 27.6 Å². The van der Waals surface area contributed by atoms with Crippen molar-refractivity contribution in [3.63, 3.8) is 0 Å². The predicted octanol–water partition coefficient (Wildman–Crippen LogP) is 7.30. The molecule has 30 heavy (non-hydrogen) atoms. The summed E-state index contributed by atoms with van der Waals surface area (Å²) in [4.78, 5) is 15.1. The summed E-state index contributed by atoms with van der Waals surface area (Å²) in [7, 11) is 2.07. The van der Waals surface area contributed by atoms with Gasteiger partial charge in [-0.05, 0) is 84.9 Å². The first-order chi connectivity index (χ1) is 14.1. The van der Waals surface area contributed by atoms with Crippen LogP contribution in [0.2, 0.25) is 0 Å². The molecule has 0 bridgehead atoms. The number of rotatable bonds is 5. The molecule has 4 aliphatic rings. The van der Waals surface area contributed by atoms with Crippen molar-refractivity contribution in [3.8, 4) is 0 Å². The number of fused-ring (bicyclic) bond motifs is 5. The van der Waals surface area contributed by atoms with Gasteiger partial charge in [-0.1, -0.05) is 69.8 Å². The molecule has 1 amide bonds. The number of nitrogens with zero attached hydrogens (tertiary/aromatic N) is 1. The molecule has 0 aromatic carbocycles. The molecule has 1 aliphatic heterocycles. The number of hydrogen-bond donors (Lipinski definition) is 0. The van der Waals surface area contributed by atoms with Crippen LogP contribution in [-0.2, 0) is 4.79 Å². The van der Waals surface area contributed by atoms with Gasteiger partial charge < -0.3 is 4.90 Å². The first kappa shape index (κ1) is 23.1. The quantitative estimate of drug-likeness (QED) is 0.378. The van der Waals surface area contributed by atoms with E-state index in [-0.39, 0.29) is 0 Å². The lowest BCUT2D eigenvalue weighted by Crippen LogP contribution is -2.64. The highest BCUT2D eigenvalue weighted by Crippen LogP contribution is 2.68. The van der Waals surface area contributed by atoms with Gasteiger partial charge in [0, 0.05) is 24.3 Å². The average molecular weight is 481 g/mol. The van der Waals surface area contributed by atoms with Gasteiger partial charge in [0.2, 0.25) is 5.91 Å². The van der Waals surface area contributed by atoms with E-state index in [0.717, 1.165) is 54.8 Å². The molecule has 1 saturated heterocycles. The largest absolute Gasteiger partial charge is 0.342 e. The van der Waals surface area contributed by atoms with Crippen LogP contribution < -0.4 is 0 Å². The van der Waals surface area contributed by atoms with Crippen LogP contribution in [0.5, 0.6) is 0 Å². The molecule has 3 saturated carbocycles. The molecular formula is C27H46BrNO. The summed E-state index contributed by atoms with van der Waals surface area (Å²) >= 11 is 4.20. The third-order valence-electron chi connectivity index (χ3n) is 10.7. The Morgan fingerprint density at radius 1 is 1.03 bits per heavy atom.